The molecule has 114 valence electrons. The fourth-order valence-corrected chi connectivity index (χ4v) is 2.16. The van der Waals surface area contributed by atoms with Gasteiger partial charge in [-0.3, -0.25) is 0 Å². The van der Waals surface area contributed by atoms with Crippen LogP contribution in [0.2, 0.25) is 0 Å². The highest BCUT2D eigenvalue weighted by Gasteiger charge is 2.32. The summed E-state index contributed by atoms with van der Waals surface area (Å²) >= 11 is 0. The highest BCUT2D eigenvalue weighted by molar-refractivity contribution is 5.95. The number of carbonyl (C=O) groups is 2. The Labute approximate surface area is 123 Å². The van der Waals surface area contributed by atoms with Crippen molar-refractivity contribution < 1.29 is 19.8 Å². The Kier molecular flexibility index (Phi) is 4.35. The molecule has 0 unspecified atom stereocenters. The third-order valence-electron chi connectivity index (χ3n) is 3.29. The van der Waals surface area contributed by atoms with Gasteiger partial charge in [0.25, 0.3) is 0 Å². The van der Waals surface area contributed by atoms with Crippen molar-refractivity contribution in [3.63, 3.8) is 0 Å². The van der Waals surface area contributed by atoms with Crippen LogP contribution in [0, 0.1) is 5.92 Å². The molecule has 1 aliphatic carbocycles. The minimum absolute atomic E-state index is 0.227. The average molecular weight is 292 g/mol. The number of hydrogen-bond donors (Lipinski definition) is 3. The van der Waals surface area contributed by atoms with Crippen LogP contribution >= 0.6 is 0 Å². The Morgan fingerprint density at radius 2 is 2.05 bits per heavy atom. The first kappa shape index (κ1) is 15.2. The van der Waals surface area contributed by atoms with Crippen molar-refractivity contribution in [2.24, 2.45) is 5.92 Å². The standard InChI is InChI=1S/C15H20N2O4/c1-9(2)8-17(11-4-5-11)15(21)16-10-3-6-13(18)12(7-10)14(19)20/h3,6-7,9,11,18H,4-5,8H2,1-2H3,(H,16,21)(H,19,20). The van der Waals surface area contributed by atoms with Gasteiger partial charge in [-0.2, -0.15) is 0 Å². The number of carbonyl (C=O) groups excluding carboxylic acids is 1. The van der Waals surface area contributed by atoms with Crippen LogP contribution in [0.4, 0.5) is 10.5 Å². The van der Waals surface area contributed by atoms with E-state index in [2.05, 4.69) is 5.32 Å². The third kappa shape index (κ3) is 3.87. The number of hydrogen-bond acceptors (Lipinski definition) is 3. The maximum absolute atomic E-state index is 12.3. The molecule has 1 aliphatic rings. The molecule has 1 saturated carbocycles. The van der Waals surface area contributed by atoms with Crippen LogP contribution < -0.4 is 5.32 Å². The van der Waals surface area contributed by atoms with Gasteiger partial charge in [0.15, 0.2) is 0 Å². The monoisotopic (exact) mass is 292 g/mol. The summed E-state index contributed by atoms with van der Waals surface area (Å²) in [6.45, 7) is 4.76. The second kappa shape index (κ2) is 6.03. The summed E-state index contributed by atoms with van der Waals surface area (Å²) in [7, 11) is 0. The number of anilines is 1. The molecular weight excluding hydrogens is 272 g/mol. The lowest BCUT2D eigenvalue weighted by molar-refractivity contribution is 0.0693. The molecule has 0 radical (unpaired) electrons. The number of aromatic hydroxyl groups is 1. The van der Waals surface area contributed by atoms with E-state index in [4.69, 9.17) is 5.11 Å². The van der Waals surface area contributed by atoms with E-state index in [1.165, 1.54) is 18.2 Å². The van der Waals surface area contributed by atoms with E-state index < -0.39 is 5.97 Å². The molecule has 3 N–H and O–H groups in total. The number of nitrogens with one attached hydrogen (secondary N) is 1. The number of nitrogens with zero attached hydrogens (tertiary/aromatic N) is 1. The Balaban J connectivity index is 2.11. The SMILES string of the molecule is CC(C)CN(C(=O)Nc1ccc(O)c(C(=O)O)c1)C1CC1. The van der Waals surface area contributed by atoms with Gasteiger partial charge in [0.1, 0.15) is 11.3 Å². The minimum Gasteiger partial charge on any atom is -0.507 e. The minimum atomic E-state index is -1.23. The van der Waals surface area contributed by atoms with Crippen LogP contribution in [0.15, 0.2) is 18.2 Å². The summed E-state index contributed by atoms with van der Waals surface area (Å²) in [5.41, 5.74) is 0.138. The van der Waals surface area contributed by atoms with Gasteiger partial charge in [0, 0.05) is 18.3 Å². The molecular formula is C15H20N2O4. The largest absolute Gasteiger partial charge is 0.507 e. The predicted molar refractivity (Wildman–Crippen MR) is 78.7 cm³/mol. The molecule has 0 aliphatic heterocycles. The van der Waals surface area contributed by atoms with Crippen LogP contribution in [-0.4, -0.2) is 39.7 Å². The number of amides is 2. The third-order valence-corrected chi connectivity index (χ3v) is 3.29. The molecule has 6 heteroatoms. The summed E-state index contributed by atoms with van der Waals surface area (Å²) in [6, 6.07) is 4.07. The van der Waals surface area contributed by atoms with Gasteiger partial charge < -0.3 is 20.4 Å². The van der Waals surface area contributed by atoms with E-state index in [1.54, 1.807) is 4.90 Å². The maximum Gasteiger partial charge on any atom is 0.339 e. The summed E-state index contributed by atoms with van der Waals surface area (Å²) in [6.07, 6.45) is 2.02. The van der Waals surface area contributed by atoms with Gasteiger partial charge in [-0.15, -0.1) is 0 Å². The average Bonchev–Trinajstić information content (AvgIpc) is 3.22. The first-order chi connectivity index (χ1) is 9.88. The molecule has 1 aromatic rings. The molecule has 6 nitrogen and oxygen atoms in total. The fraction of sp³-hybridized carbons (Fsp3) is 0.467. The Morgan fingerprint density at radius 1 is 1.38 bits per heavy atom. The van der Waals surface area contributed by atoms with E-state index in [9.17, 15) is 14.7 Å². The van der Waals surface area contributed by atoms with Crippen molar-refractivity contribution in [1.29, 1.82) is 0 Å². The number of benzene rings is 1. The molecule has 0 heterocycles. The molecule has 21 heavy (non-hydrogen) atoms. The highest BCUT2D eigenvalue weighted by Crippen LogP contribution is 2.29. The number of phenols is 1. The molecule has 0 saturated heterocycles. The van der Waals surface area contributed by atoms with Crippen molar-refractivity contribution in [1.82, 2.24) is 4.90 Å². The number of carboxylic acids is 1. The van der Waals surface area contributed by atoms with E-state index in [0.29, 0.717) is 18.2 Å². The number of rotatable bonds is 5. The van der Waals surface area contributed by atoms with Gasteiger partial charge in [-0.05, 0) is 37.0 Å². The highest BCUT2D eigenvalue weighted by atomic mass is 16.4. The first-order valence-electron chi connectivity index (χ1n) is 7.02. The van der Waals surface area contributed by atoms with Gasteiger partial charge in [0.05, 0.1) is 0 Å². The second-order valence-electron chi connectivity index (χ2n) is 5.74. The van der Waals surface area contributed by atoms with E-state index in [0.717, 1.165) is 12.8 Å². The molecule has 0 atom stereocenters. The zero-order chi connectivity index (χ0) is 15.6. The Hall–Kier alpha value is -2.24. The first-order valence-corrected chi connectivity index (χ1v) is 7.02. The lowest BCUT2D eigenvalue weighted by Gasteiger charge is -2.24. The van der Waals surface area contributed by atoms with Crippen LogP contribution in [0.3, 0.4) is 0 Å². The lowest BCUT2D eigenvalue weighted by Crippen LogP contribution is -2.39. The molecule has 1 aromatic carbocycles. The van der Waals surface area contributed by atoms with Crippen LogP contribution in [0.1, 0.15) is 37.0 Å². The summed E-state index contributed by atoms with van der Waals surface area (Å²) < 4.78 is 0. The van der Waals surface area contributed by atoms with Gasteiger partial charge in [0.2, 0.25) is 0 Å². The fourth-order valence-electron chi connectivity index (χ4n) is 2.16. The lowest BCUT2D eigenvalue weighted by atomic mass is 10.2. The number of carboxylic acid groups (broad SMARTS) is 1. The Bertz CT molecular complexity index is 553. The summed E-state index contributed by atoms with van der Waals surface area (Å²) in [5.74, 6) is -1.18. The number of aromatic carboxylic acids is 1. The van der Waals surface area contributed by atoms with Gasteiger partial charge in [-0.1, -0.05) is 13.8 Å². The van der Waals surface area contributed by atoms with Gasteiger partial charge in [-0.25, -0.2) is 9.59 Å². The van der Waals surface area contributed by atoms with E-state index in [-0.39, 0.29) is 23.4 Å². The van der Waals surface area contributed by atoms with Crippen molar-refractivity contribution in [3.05, 3.63) is 23.8 Å². The van der Waals surface area contributed by atoms with E-state index >= 15 is 0 Å². The maximum atomic E-state index is 12.3. The molecule has 0 bridgehead atoms. The quantitative estimate of drug-likeness (QED) is 0.728. The molecule has 1 fully saturated rings. The normalized spacial score (nSPS) is 14.0. The topological polar surface area (TPSA) is 89.9 Å². The van der Waals surface area contributed by atoms with Crippen LogP contribution in [0.25, 0.3) is 0 Å². The summed E-state index contributed by atoms with van der Waals surface area (Å²) in [5, 5.41) is 21.1. The van der Waals surface area contributed by atoms with E-state index in [1.807, 2.05) is 13.8 Å². The molecule has 2 amide bonds. The number of urea groups is 1. The van der Waals surface area contributed by atoms with Crippen LogP contribution in [0.5, 0.6) is 5.75 Å². The molecule has 0 aromatic heterocycles. The van der Waals surface area contributed by atoms with Crippen molar-refractivity contribution in [2.45, 2.75) is 32.7 Å². The molecule has 0 spiro atoms. The smallest absolute Gasteiger partial charge is 0.339 e. The molecule has 2 rings (SSSR count). The second-order valence-corrected chi connectivity index (χ2v) is 5.74. The van der Waals surface area contributed by atoms with Crippen molar-refractivity contribution in [2.75, 3.05) is 11.9 Å². The summed E-state index contributed by atoms with van der Waals surface area (Å²) in [4.78, 5) is 25.1. The zero-order valence-corrected chi connectivity index (χ0v) is 12.2. The van der Waals surface area contributed by atoms with Crippen molar-refractivity contribution in [3.8, 4) is 5.75 Å². The predicted octanol–water partition coefficient (Wildman–Crippen LogP) is 2.74. The zero-order valence-electron chi connectivity index (χ0n) is 12.2. The van der Waals surface area contributed by atoms with Crippen LogP contribution in [-0.2, 0) is 0 Å². The van der Waals surface area contributed by atoms with Crippen molar-refractivity contribution >= 4 is 17.7 Å². The Morgan fingerprint density at radius 3 is 2.57 bits per heavy atom. The van der Waals surface area contributed by atoms with Gasteiger partial charge >= 0.3 is 12.0 Å².